The van der Waals surface area contributed by atoms with Gasteiger partial charge in [0.05, 0.1) is 19.9 Å². The molecule has 1 aliphatic heterocycles. The first-order valence-electron chi connectivity index (χ1n) is 7.90. The van der Waals surface area contributed by atoms with Gasteiger partial charge in [0.1, 0.15) is 11.9 Å². The van der Waals surface area contributed by atoms with Crippen LogP contribution in [0, 0.1) is 5.82 Å². The van der Waals surface area contributed by atoms with Crippen LogP contribution in [-0.4, -0.2) is 25.1 Å². The van der Waals surface area contributed by atoms with Gasteiger partial charge in [0.15, 0.2) is 11.5 Å². The van der Waals surface area contributed by atoms with Gasteiger partial charge in [0.2, 0.25) is 5.91 Å². The fourth-order valence-electron chi connectivity index (χ4n) is 2.91. The van der Waals surface area contributed by atoms with E-state index in [1.54, 1.807) is 38.5 Å². The Bertz CT molecular complexity index is 865. The van der Waals surface area contributed by atoms with Crippen molar-refractivity contribution < 1.29 is 18.7 Å². The molecule has 3 rings (SSSR count). The summed E-state index contributed by atoms with van der Waals surface area (Å²) in [6.45, 7) is 1.40. The average molecular weight is 377 g/mol. The number of nitrogens with one attached hydrogen (secondary N) is 1. The van der Waals surface area contributed by atoms with Gasteiger partial charge in [-0.2, -0.15) is 0 Å². The van der Waals surface area contributed by atoms with Crippen LogP contribution in [0.5, 0.6) is 11.5 Å². The second kappa shape index (κ2) is 7.25. The van der Waals surface area contributed by atoms with Crippen LogP contribution in [0.1, 0.15) is 24.1 Å². The Kier molecular flexibility index (Phi) is 5.04. The van der Waals surface area contributed by atoms with E-state index >= 15 is 0 Å². The minimum absolute atomic E-state index is 0.243. The molecular formula is C19H18ClFN2O3. The molecule has 1 atom stereocenters. The molecule has 1 aliphatic rings. The minimum atomic E-state index is -0.663. The second-order valence-corrected chi connectivity index (χ2v) is 6.14. The quantitative estimate of drug-likeness (QED) is 0.878. The highest BCUT2D eigenvalue weighted by atomic mass is 35.5. The van der Waals surface area contributed by atoms with E-state index in [0.29, 0.717) is 17.2 Å². The van der Waals surface area contributed by atoms with E-state index in [0.717, 1.165) is 5.56 Å². The van der Waals surface area contributed by atoms with Crippen molar-refractivity contribution in [3.8, 4) is 11.5 Å². The van der Waals surface area contributed by atoms with Gasteiger partial charge in [-0.05, 0) is 36.4 Å². The monoisotopic (exact) mass is 376 g/mol. The number of hydrogen-bond donors (Lipinski definition) is 1. The van der Waals surface area contributed by atoms with Crippen LogP contribution < -0.4 is 14.9 Å². The summed E-state index contributed by atoms with van der Waals surface area (Å²) in [5.41, 5.74) is 4.68. The van der Waals surface area contributed by atoms with E-state index in [4.69, 9.17) is 21.1 Å². The van der Waals surface area contributed by atoms with Crippen LogP contribution in [0.15, 0.2) is 42.5 Å². The summed E-state index contributed by atoms with van der Waals surface area (Å²) >= 11 is 6.19. The van der Waals surface area contributed by atoms with E-state index in [1.165, 1.54) is 24.1 Å². The third-order valence-electron chi connectivity index (χ3n) is 4.17. The molecule has 1 heterocycles. The zero-order valence-electron chi connectivity index (χ0n) is 14.5. The van der Waals surface area contributed by atoms with Gasteiger partial charge >= 0.3 is 0 Å². The van der Waals surface area contributed by atoms with Crippen molar-refractivity contribution in [2.75, 3.05) is 14.2 Å². The number of rotatable bonds is 4. The van der Waals surface area contributed by atoms with Crippen LogP contribution in [0.2, 0.25) is 5.02 Å². The summed E-state index contributed by atoms with van der Waals surface area (Å²) in [5, 5.41) is 1.60. The molecule has 136 valence electrons. The van der Waals surface area contributed by atoms with Crippen molar-refractivity contribution in [2.45, 2.75) is 13.0 Å². The lowest BCUT2D eigenvalue weighted by molar-refractivity contribution is -0.132. The lowest BCUT2D eigenvalue weighted by atomic mass is 10.0. The summed E-state index contributed by atoms with van der Waals surface area (Å²) in [6, 6.07) is 9.15. The number of methoxy groups -OCH3 is 2. The van der Waals surface area contributed by atoms with Crippen molar-refractivity contribution in [2.24, 2.45) is 0 Å². The Morgan fingerprint density at radius 2 is 1.92 bits per heavy atom. The largest absolute Gasteiger partial charge is 0.493 e. The molecule has 5 nitrogen and oxygen atoms in total. The normalized spacial score (nSPS) is 16.1. The Balaban J connectivity index is 2.06. The highest BCUT2D eigenvalue weighted by Crippen LogP contribution is 2.38. The van der Waals surface area contributed by atoms with E-state index in [9.17, 15) is 9.18 Å². The fourth-order valence-corrected chi connectivity index (χ4v) is 3.19. The van der Waals surface area contributed by atoms with Crippen LogP contribution in [0.25, 0.3) is 5.70 Å². The van der Waals surface area contributed by atoms with Gasteiger partial charge in [0, 0.05) is 23.1 Å². The van der Waals surface area contributed by atoms with E-state index in [2.05, 4.69) is 5.43 Å². The number of amides is 1. The standard InChI is InChI=1S/C19H18ClFN2O3/c1-11(24)23-16(19-13(20)5-4-6-14(19)21)10-15(22-23)12-7-8-17(25-2)18(9-12)26-3/h4-10,16,22H,1-3H3/t16-/m1/s1. The van der Waals surface area contributed by atoms with Crippen molar-refractivity contribution >= 4 is 23.2 Å². The average Bonchev–Trinajstić information content (AvgIpc) is 3.06. The molecule has 0 fully saturated rings. The Labute approximate surface area is 155 Å². The molecule has 0 bridgehead atoms. The van der Waals surface area contributed by atoms with Gasteiger partial charge in [0.25, 0.3) is 0 Å². The first kappa shape index (κ1) is 18.1. The molecular weight excluding hydrogens is 359 g/mol. The van der Waals surface area contributed by atoms with Gasteiger partial charge in [-0.3, -0.25) is 10.2 Å². The molecule has 2 aromatic carbocycles. The summed E-state index contributed by atoms with van der Waals surface area (Å²) in [6.07, 6.45) is 1.76. The van der Waals surface area contributed by atoms with Crippen LogP contribution >= 0.6 is 11.6 Å². The van der Waals surface area contributed by atoms with Crippen molar-refractivity contribution in [1.82, 2.24) is 10.4 Å². The van der Waals surface area contributed by atoms with Crippen LogP contribution in [0.4, 0.5) is 4.39 Å². The maximum absolute atomic E-state index is 14.4. The minimum Gasteiger partial charge on any atom is -0.493 e. The number of halogens is 2. The summed E-state index contributed by atoms with van der Waals surface area (Å²) in [4.78, 5) is 12.1. The molecule has 26 heavy (non-hydrogen) atoms. The van der Waals surface area contributed by atoms with Crippen molar-refractivity contribution in [1.29, 1.82) is 0 Å². The highest BCUT2D eigenvalue weighted by Gasteiger charge is 2.32. The molecule has 0 saturated carbocycles. The molecule has 2 aromatic rings. The number of nitrogens with zero attached hydrogens (tertiary/aromatic N) is 1. The van der Waals surface area contributed by atoms with Gasteiger partial charge < -0.3 is 9.47 Å². The lowest BCUT2D eigenvalue weighted by Gasteiger charge is -2.25. The Morgan fingerprint density at radius 3 is 2.54 bits per heavy atom. The van der Waals surface area contributed by atoms with E-state index in [1.807, 2.05) is 6.07 Å². The molecule has 0 aromatic heterocycles. The lowest BCUT2D eigenvalue weighted by Crippen LogP contribution is -2.38. The van der Waals surface area contributed by atoms with E-state index < -0.39 is 11.9 Å². The van der Waals surface area contributed by atoms with Crippen LogP contribution in [0.3, 0.4) is 0 Å². The topological polar surface area (TPSA) is 50.8 Å². The number of ether oxygens (including phenoxy) is 2. The zero-order chi connectivity index (χ0) is 18.8. The maximum atomic E-state index is 14.4. The maximum Gasteiger partial charge on any atom is 0.238 e. The first-order chi connectivity index (χ1) is 12.5. The molecule has 0 spiro atoms. The summed E-state index contributed by atoms with van der Waals surface area (Å²) in [7, 11) is 3.10. The third-order valence-corrected chi connectivity index (χ3v) is 4.50. The van der Waals surface area contributed by atoms with Crippen molar-refractivity contribution in [3.05, 3.63) is 64.4 Å². The summed E-state index contributed by atoms with van der Waals surface area (Å²) < 4.78 is 24.9. The number of hydrazine groups is 1. The second-order valence-electron chi connectivity index (χ2n) is 5.73. The molecule has 0 radical (unpaired) electrons. The Hall–Kier alpha value is -2.73. The molecule has 0 saturated heterocycles. The highest BCUT2D eigenvalue weighted by molar-refractivity contribution is 6.31. The predicted octanol–water partition coefficient (Wildman–Crippen LogP) is 3.95. The summed E-state index contributed by atoms with van der Waals surface area (Å²) in [5.74, 6) is 0.405. The predicted molar refractivity (Wildman–Crippen MR) is 97.3 cm³/mol. The fraction of sp³-hybridized carbons (Fsp3) is 0.211. The molecule has 1 N–H and O–H groups in total. The third kappa shape index (κ3) is 3.20. The smallest absolute Gasteiger partial charge is 0.238 e. The number of carbonyl (C=O) groups excluding carboxylic acids is 1. The zero-order valence-corrected chi connectivity index (χ0v) is 15.3. The molecule has 0 aliphatic carbocycles. The molecule has 0 unspecified atom stereocenters. The van der Waals surface area contributed by atoms with Crippen LogP contribution in [-0.2, 0) is 4.79 Å². The van der Waals surface area contributed by atoms with E-state index in [-0.39, 0.29) is 16.5 Å². The van der Waals surface area contributed by atoms with Gasteiger partial charge in [-0.15, -0.1) is 0 Å². The number of hydrogen-bond acceptors (Lipinski definition) is 4. The van der Waals surface area contributed by atoms with Gasteiger partial charge in [-0.25, -0.2) is 9.40 Å². The Morgan fingerprint density at radius 1 is 1.19 bits per heavy atom. The number of benzene rings is 2. The number of carbonyl (C=O) groups is 1. The molecule has 1 amide bonds. The first-order valence-corrected chi connectivity index (χ1v) is 8.28. The van der Waals surface area contributed by atoms with Crippen molar-refractivity contribution in [3.63, 3.8) is 0 Å². The molecule has 7 heteroatoms. The van der Waals surface area contributed by atoms with Gasteiger partial charge in [-0.1, -0.05) is 17.7 Å². The SMILES string of the molecule is COc1ccc(C2=C[C@H](c3c(F)cccc3Cl)N(C(C)=O)N2)cc1OC.